The predicted octanol–water partition coefficient (Wildman–Crippen LogP) is 3.51. The normalized spacial score (nSPS) is 11.5. The second kappa shape index (κ2) is 8.68. The fourth-order valence-corrected chi connectivity index (χ4v) is 2.84. The zero-order valence-electron chi connectivity index (χ0n) is 13.5. The van der Waals surface area contributed by atoms with Crippen LogP contribution in [-0.4, -0.2) is 18.9 Å². The third kappa shape index (κ3) is 5.52. The van der Waals surface area contributed by atoms with Crippen LogP contribution in [0.15, 0.2) is 48.5 Å². The third-order valence-corrected chi connectivity index (χ3v) is 4.06. The van der Waals surface area contributed by atoms with Crippen LogP contribution < -0.4 is 15.4 Å². The molecule has 126 valence electrons. The Balaban J connectivity index is 2.09. The van der Waals surface area contributed by atoms with E-state index in [0.29, 0.717) is 0 Å². The summed E-state index contributed by atoms with van der Waals surface area (Å²) in [5.74, 6) is 0.382. The molecule has 2 N–H and O–H groups in total. The molecule has 2 amide bonds. The van der Waals surface area contributed by atoms with E-state index in [4.69, 9.17) is 4.74 Å². The van der Waals surface area contributed by atoms with Gasteiger partial charge >= 0.3 is 0 Å². The average molecular weight is 438 g/mol. The van der Waals surface area contributed by atoms with E-state index in [2.05, 4.69) is 33.2 Å². The first-order valence-corrected chi connectivity index (χ1v) is 8.52. The minimum absolute atomic E-state index is 0.150. The molecule has 0 bridgehead atoms. The molecule has 0 aliphatic rings. The van der Waals surface area contributed by atoms with Crippen molar-refractivity contribution in [2.75, 3.05) is 12.4 Å². The van der Waals surface area contributed by atoms with Crippen molar-refractivity contribution in [3.8, 4) is 5.75 Å². The van der Waals surface area contributed by atoms with Crippen LogP contribution in [-0.2, 0) is 9.59 Å². The van der Waals surface area contributed by atoms with E-state index in [0.717, 1.165) is 20.6 Å². The summed E-state index contributed by atoms with van der Waals surface area (Å²) in [6, 6.07) is 14.5. The first-order chi connectivity index (χ1) is 11.5. The number of carbonyl (C=O) groups excluding carboxylic acids is 2. The fraction of sp³-hybridized carbons (Fsp3) is 0.222. The van der Waals surface area contributed by atoms with E-state index in [1.807, 2.05) is 48.5 Å². The number of rotatable bonds is 6. The molecule has 5 nitrogen and oxygen atoms in total. The maximum absolute atomic E-state index is 12.3. The largest absolute Gasteiger partial charge is 0.497 e. The highest BCUT2D eigenvalue weighted by atomic mass is 127. The van der Waals surface area contributed by atoms with E-state index in [-0.39, 0.29) is 18.2 Å². The summed E-state index contributed by atoms with van der Waals surface area (Å²) in [6.07, 6.45) is 0.150. The van der Waals surface area contributed by atoms with Crippen molar-refractivity contribution < 1.29 is 14.3 Å². The van der Waals surface area contributed by atoms with Gasteiger partial charge in [0, 0.05) is 16.2 Å². The third-order valence-electron chi connectivity index (χ3n) is 3.39. The molecule has 0 spiro atoms. The van der Waals surface area contributed by atoms with E-state index in [1.54, 1.807) is 7.11 Å². The summed E-state index contributed by atoms with van der Waals surface area (Å²) in [4.78, 5) is 23.8. The van der Waals surface area contributed by atoms with Crippen molar-refractivity contribution >= 4 is 40.1 Å². The Morgan fingerprint density at radius 3 is 2.46 bits per heavy atom. The first kappa shape index (κ1) is 18.3. The Hall–Kier alpha value is -2.09. The highest BCUT2D eigenvalue weighted by molar-refractivity contribution is 14.1. The van der Waals surface area contributed by atoms with Gasteiger partial charge in [0.2, 0.25) is 11.8 Å². The van der Waals surface area contributed by atoms with Crippen LogP contribution >= 0.6 is 22.6 Å². The summed E-state index contributed by atoms with van der Waals surface area (Å²) in [5.41, 5.74) is 1.59. The lowest BCUT2D eigenvalue weighted by molar-refractivity contribution is -0.120. The standard InChI is InChI=1S/C18H19IN2O3/c1-12(22)20-17(13-6-8-16(24-2)9-7-13)11-18(23)21-15-5-3-4-14(19)10-15/h3-10,17H,11H2,1-2H3,(H,20,22)(H,21,23). The Kier molecular flexibility index (Phi) is 6.60. The molecular formula is C18H19IN2O3. The molecule has 0 saturated heterocycles. The van der Waals surface area contributed by atoms with Gasteiger partial charge in [-0.15, -0.1) is 0 Å². The first-order valence-electron chi connectivity index (χ1n) is 7.44. The van der Waals surface area contributed by atoms with Crippen molar-refractivity contribution in [1.29, 1.82) is 0 Å². The van der Waals surface area contributed by atoms with Gasteiger partial charge < -0.3 is 15.4 Å². The van der Waals surface area contributed by atoms with Crippen LogP contribution in [0, 0.1) is 3.57 Å². The minimum Gasteiger partial charge on any atom is -0.497 e. The highest BCUT2D eigenvalue weighted by Gasteiger charge is 2.17. The number of anilines is 1. The topological polar surface area (TPSA) is 67.4 Å². The van der Waals surface area contributed by atoms with Gasteiger partial charge in [-0.2, -0.15) is 0 Å². The van der Waals surface area contributed by atoms with Crippen molar-refractivity contribution in [1.82, 2.24) is 5.32 Å². The van der Waals surface area contributed by atoms with Crippen molar-refractivity contribution in [3.63, 3.8) is 0 Å². The van der Waals surface area contributed by atoms with E-state index < -0.39 is 6.04 Å². The number of amides is 2. The molecule has 0 aromatic heterocycles. The van der Waals surface area contributed by atoms with Gasteiger partial charge in [-0.05, 0) is 58.5 Å². The Labute approximate surface area is 154 Å². The zero-order chi connectivity index (χ0) is 17.5. The van der Waals surface area contributed by atoms with Gasteiger partial charge in [0.05, 0.1) is 19.6 Å². The van der Waals surface area contributed by atoms with Crippen LogP contribution in [0.25, 0.3) is 0 Å². The number of hydrogen-bond acceptors (Lipinski definition) is 3. The lowest BCUT2D eigenvalue weighted by Crippen LogP contribution is -2.29. The summed E-state index contributed by atoms with van der Waals surface area (Å²) < 4.78 is 6.17. The molecule has 0 fully saturated rings. The summed E-state index contributed by atoms with van der Waals surface area (Å²) >= 11 is 2.19. The highest BCUT2D eigenvalue weighted by Crippen LogP contribution is 2.21. The molecule has 0 aliphatic heterocycles. The van der Waals surface area contributed by atoms with Crippen LogP contribution in [0.3, 0.4) is 0 Å². The van der Waals surface area contributed by atoms with Crippen LogP contribution in [0.4, 0.5) is 5.69 Å². The Morgan fingerprint density at radius 2 is 1.88 bits per heavy atom. The molecule has 6 heteroatoms. The van der Waals surface area contributed by atoms with Gasteiger partial charge in [-0.3, -0.25) is 9.59 Å². The van der Waals surface area contributed by atoms with Crippen LogP contribution in [0.2, 0.25) is 0 Å². The van der Waals surface area contributed by atoms with Gasteiger partial charge in [0.1, 0.15) is 5.75 Å². The minimum atomic E-state index is -0.392. The number of benzene rings is 2. The van der Waals surface area contributed by atoms with E-state index >= 15 is 0 Å². The summed E-state index contributed by atoms with van der Waals surface area (Å²) in [6.45, 7) is 1.44. The Bertz CT molecular complexity index is 716. The molecular weight excluding hydrogens is 419 g/mol. The molecule has 2 aromatic rings. The number of carbonyl (C=O) groups is 2. The van der Waals surface area contributed by atoms with Crippen molar-refractivity contribution in [2.24, 2.45) is 0 Å². The number of ether oxygens (including phenoxy) is 1. The zero-order valence-corrected chi connectivity index (χ0v) is 15.7. The quantitative estimate of drug-likeness (QED) is 0.679. The maximum Gasteiger partial charge on any atom is 0.226 e. The summed E-state index contributed by atoms with van der Waals surface area (Å²) in [7, 11) is 1.59. The number of hydrogen-bond donors (Lipinski definition) is 2. The molecule has 24 heavy (non-hydrogen) atoms. The molecule has 0 radical (unpaired) electrons. The number of nitrogens with one attached hydrogen (secondary N) is 2. The molecule has 2 aromatic carbocycles. The van der Waals surface area contributed by atoms with E-state index in [1.165, 1.54) is 6.92 Å². The van der Waals surface area contributed by atoms with E-state index in [9.17, 15) is 9.59 Å². The predicted molar refractivity (Wildman–Crippen MR) is 102 cm³/mol. The van der Waals surface area contributed by atoms with Gasteiger partial charge in [-0.25, -0.2) is 0 Å². The maximum atomic E-state index is 12.3. The smallest absolute Gasteiger partial charge is 0.226 e. The second-order valence-electron chi connectivity index (χ2n) is 5.29. The molecule has 2 rings (SSSR count). The molecule has 1 atom stereocenters. The van der Waals surface area contributed by atoms with Gasteiger partial charge in [0.15, 0.2) is 0 Å². The second-order valence-corrected chi connectivity index (χ2v) is 6.53. The average Bonchev–Trinajstić information content (AvgIpc) is 2.54. The molecule has 0 aliphatic carbocycles. The van der Waals surface area contributed by atoms with Crippen molar-refractivity contribution in [2.45, 2.75) is 19.4 Å². The monoisotopic (exact) mass is 438 g/mol. The summed E-state index contributed by atoms with van der Waals surface area (Å²) in [5, 5.41) is 5.68. The van der Waals surface area contributed by atoms with Gasteiger partial charge in [0.25, 0.3) is 0 Å². The van der Waals surface area contributed by atoms with Crippen molar-refractivity contribution in [3.05, 3.63) is 57.7 Å². The number of halogens is 1. The lowest BCUT2D eigenvalue weighted by atomic mass is 10.0. The molecule has 0 saturated carbocycles. The number of methoxy groups -OCH3 is 1. The molecule has 1 unspecified atom stereocenters. The van der Waals surface area contributed by atoms with Gasteiger partial charge in [-0.1, -0.05) is 18.2 Å². The molecule has 0 heterocycles. The Morgan fingerprint density at radius 1 is 1.17 bits per heavy atom. The van der Waals surface area contributed by atoms with Crippen LogP contribution in [0.5, 0.6) is 5.75 Å². The SMILES string of the molecule is COc1ccc(C(CC(=O)Nc2cccc(I)c2)NC(C)=O)cc1. The van der Waals surface area contributed by atoms with Crippen LogP contribution in [0.1, 0.15) is 24.9 Å². The lowest BCUT2D eigenvalue weighted by Gasteiger charge is -2.18. The fourth-order valence-electron chi connectivity index (χ4n) is 2.30.